The fraction of sp³-hybridized carbons (Fsp3) is 0.167. The first-order chi connectivity index (χ1) is 13.1. The summed E-state index contributed by atoms with van der Waals surface area (Å²) in [4.78, 5) is 11.8. The molecule has 0 bridgehead atoms. The average Bonchev–Trinajstić information content (AvgIpc) is 3.20. The lowest BCUT2D eigenvalue weighted by Crippen LogP contribution is -2.32. The van der Waals surface area contributed by atoms with Crippen molar-refractivity contribution in [3.8, 4) is 23.1 Å². The van der Waals surface area contributed by atoms with Gasteiger partial charge in [-0.3, -0.25) is 4.79 Å². The topological polar surface area (TPSA) is 86.5 Å². The van der Waals surface area contributed by atoms with Gasteiger partial charge in [-0.05, 0) is 36.4 Å². The summed E-state index contributed by atoms with van der Waals surface area (Å²) in [6.45, 7) is 0.360. The Morgan fingerprint density at radius 2 is 2.00 bits per heavy atom. The van der Waals surface area contributed by atoms with Crippen molar-refractivity contribution in [2.24, 2.45) is 0 Å². The molecule has 9 heteroatoms. The third kappa shape index (κ3) is 5.60. The molecule has 7 nitrogen and oxygen atoms in total. The number of furan rings is 1. The molecule has 0 radical (unpaired) electrons. The van der Waals surface area contributed by atoms with Gasteiger partial charge in [-0.2, -0.15) is 0 Å². The number of amides is 1. The molecule has 0 saturated carbocycles. The van der Waals surface area contributed by atoms with Crippen molar-refractivity contribution >= 4 is 29.1 Å². The molecule has 27 heavy (non-hydrogen) atoms. The summed E-state index contributed by atoms with van der Waals surface area (Å²) >= 11 is 11.8. The van der Waals surface area contributed by atoms with Gasteiger partial charge in [-0.15, -0.1) is 10.2 Å². The predicted octanol–water partition coefficient (Wildman–Crippen LogP) is 3.62. The lowest BCUT2D eigenvalue weighted by atomic mass is 10.3. The molecule has 0 saturated heterocycles. The highest BCUT2D eigenvalue weighted by atomic mass is 35.5. The van der Waals surface area contributed by atoms with Gasteiger partial charge in [0.15, 0.2) is 12.4 Å². The van der Waals surface area contributed by atoms with E-state index in [0.29, 0.717) is 33.1 Å². The molecule has 0 spiro atoms. The quantitative estimate of drug-likeness (QED) is 0.573. The first-order valence-corrected chi connectivity index (χ1v) is 8.72. The molecule has 2 heterocycles. The highest BCUT2D eigenvalue weighted by Crippen LogP contribution is 2.27. The van der Waals surface area contributed by atoms with Gasteiger partial charge in [0.05, 0.1) is 17.8 Å². The standard InChI is InChI=1S/C18H15Cl2N3O4/c19-12-3-5-15(13(20)10-12)27-11-17(24)21-7-9-26-18-6-4-14(22-23-18)16-2-1-8-25-16/h1-6,8,10H,7,9,11H2,(H,21,24). The molecule has 0 aliphatic carbocycles. The van der Waals surface area contributed by atoms with E-state index in [-0.39, 0.29) is 25.7 Å². The van der Waals surface area contributed by atoms with Crippen molar-refractivity contribution in [2.45, 2.75) is 0 Å². The summed E-state index contributed by atoms with van der Waals surface area (Å²) in [5.41, 5.74) is 0.610. The van der Waals surface area contributed by atoms with E-state index in [0.717, 1.165) is 0 Å². The number of benzene rings is 1. The first-order valence-electron chi connectivity index (χ1n) is 7.97. The Balaban J connectivity index is 1.36. The maximum absolute atomic E-state index is 11.8. The molecular weight excluding hydrogens is 393 g/mol. The third-order valence-corrected chi connectivity index (χ3v) is 3.87. The number of hydrogen-bond donors (Lipinski definition) is 1. The van der Waals surface area contributed by atoms with Crippen LogP contribution < -0.4 is 14.8 Å². The van der Waals surface area contributed by atoms with Crippen LogP contribution in [0.5, 0.6) is 11.6 Å². The Hall–Kier alpha value is -2.77. The number of ether oxygens (including phenoxy) is 2. The predicted molar refractivity (Wildman–Crippen MR) is 100 cm³/mol. The molecule has 3 rings (SSSR count). The lowest BCUT2D eigenvalue weighted by molar-refractivity contribution is -0.123. The van der Waals surface area contributed by atoms with Crippen LogP contribution in [0, 0.1) is 0 Å². The minimum Gasteiger partial charge on any atom is -0.482 e. The molecule has 1 amide bonds. The number of carbonyl (C=O) groups is 1. The van der Waals surface area contributed by atoms with Gasteiger partial charge in [0.1, 0.15) is 18.1 Å². The normalized spacial score (nSPS) is 10.4. The smallest absolute Gasteiger partial charge is 0.258 e. The molecule has 0 aliphatic heterocycles. The Morgan fingerprint density at radius 1 is 1.11 bits per heavy atom. The second-order valence-corrected chi connectivity index (χ2v) is 6.14. The SMILES string of the molecule is O=C(COc1ccc(Cl)cc1Cl)NCCOc1ccc(-c2ccco2)nn1. The maximum atomic E-state index is 11.8. The van der Waals surface area contributed by atoms with Crippen molar-refractivity contribution in [3.63, 3.8) is 0 Å². The number of aromatic nitrogens is 2. The average molecular weight is 408 g/mol. The van der Waals surface area contributed by atoms with Crippen LogP contribution in [0.3, 0.4) is 0 Å². The summed E-state index contributed by atoms with van der Waals surface area (Å²) < 4.78 is 16.0. The van der Waals surface area contributed by atoms with E-state index in [4.69, 9.17) is 37.1 Å². The van der Waals surface area contributed by atoms with Crippen LogP contribution in [0.1, 0.15) is 0 Å². The van der Waals surface area contributed by atoms with Crippen LogP contribution in [0.15, 0.2) is 53.1 Å². The highest BCUT2D eigenvalue weighted by molar-refractivity contribution is 6.35. The molecule has 0 aliphatic rings. The fourth-order valence-electron chi connectivity index (χ4n) is 2.09. The van der Waals surface area contributed by atoms with Gasteiger partial charge in [0, 0.05) is 11.1 Å². The fourth-order valence-corrected chi connectivity index (χ4v) is 2.55. The molecule has 0 fully saturated rings. The van der Waals surface area contributed by atoms with E-state index in [1.807, 2.05) is 0 Å². The molecular formula is C18H15Cl2N3O4. The monoisotopic (exact) mass is 407 g/mol. The largest absolute Gasteiger partial charge is 0.482 e. The number of nitrogens with one attached hydrogen (secondary N) is 1. The van der Waals surface area contributed by atoms with Gasteiger partial charge < -0.3 is 19.2 Å². The van der Waals surface area contributed by atoms with E-state index in [2.05, 4.69) is 15.5 Å². The van der Waals surface area contributed by atoms with Gasteiger partial charge >= 0.3 is 0 Å². The molecule has 1 N–H and O–H groups in total. The van der Waals surface area contributed by atoms with Gasteiger partial charge in [0.25, 0.3) is 5.91 Å². The van der Waals surface area contributed by atoms with Crippen molar-refractivity contribution < 1.29 is 18.7 Å². The summed E-state index contributed by atoms with van der Waals surface area (Å²) in [6, 6.07) is 11.8. The Kier molecular flexibility index (Phi) is 6.51. The Bertz CT molecular complexity index is 886. The Labute approximate surface area is 165 Å². The van der Waals surface area contributed by atoms with E-state index in [1.54, 1.807) is 48.7 Å². The third-order valence-electron chi connectivity index (χ3n) is 3.34. The minimum absolute atomic E-state index is 0.168. The van der Waals surface area contributed by atoms with Gasteiger partial charge in [0.2, 0.25) is 5.88 Å². The summed E-state index contributed by atoms with van der Waals surface area (Å²) in [5, 5.41) is 11.5. The zero-order valence-electron chi connectivity index (χ0n) is 14.0. The first kappa shape index (κ1) is 19.0. The molecule has 0 unspecified atom stereocenters. The number of rotatable bonds is 8. The second-order valence-electron chi connectivity index (χ2n) is 5.30. The number of halogens is 2. The molecule has 140 valence electrons. The van der Waals surface area contributed by atoms with Gasteiger partial charge in [-0.25, -0.2) is 0 Å². The zero-order chi connectivity index (χ0) is 19.1. The lowest BCUT2D eigenvalue weighted by Gasteiger charge is -2.09. The van der Waals surface area contributed by atoms with E-state index in [1.165, 1.54) is 0 Å². The van der Waals surface area contributed by atoms with Crippen LogP contribution in [-0.2, 0) is 4.79 Å². The van der Waals surface area contributed by atoms with Gasteiger partial charge in [-0.1, -0.05) is 23.2 Å². The van der Waals surface area contributed by atoms with Crippen molar-refractivity contribution in [2.75, 3.05) is 19.8 Å². The summed E-state index contributed by atoms with van der Waals surface area (Å²) in [6.07, 6.45) is 1.56. The number of nitrogens with zero attached hydrogens (tertiary/aromatic N) is 2. The maximum Gasteiger partial charge on any atom is 0.258 e. The zero-order valence-corrected chi connectivity index (χ0v) is 15.5. The van der Waals surface area contributed by atoms with E-state index >= 15 is 0 Å². The van der Waals surface area contributed by atoms with Crippen LogP contribution in [-0.4, -0.2) is 35.9 Å². The van der Waals surface area contributed by atoms with Crippen molar-refractivity contribution in [1.82, 2.24) is 15.5 Å². The van der Waals surface area contributed by atoms with E-state index in [9.17, 15) is 4.79 Å². The van der Waals surface area contributed by atoms with Crippen molar-refractivity contribution in [1.29, 1.82) is 0 Å². The molecule has 2 aromatic heterocycles. The number of hydrogen-bond acceptors (Lipinski definition) is 6. The van der Waals surface area contributed by atoms with Crippen LogP contribution in [0.25, 0.3) is 11.5 Å². The number of carbonyl (C=O) groups excluding carboxylic acids is 1. The second kappa shape index (κ2) is 9.25. The minimum atomic E-state index is -0.302. The summed E-state index contributed by atoms with van der Waals surface area (Å²) in [7, 11) is 0. The van der Waals surface area contributed by atoms with Crippen molar-refractivity contribution in [3.05, 3.63) is 58.8 Å². The van der Waals surface area contributed by atoms with Crippen LogP contribution >= 0.6 is 23.2 Å². The summed E-state index contributed by atoms with van der Waals surface area (Å²) in [5.74, 6) is 1.06. The van der Waals surface area contributed by atoms with Crippen LogP contribution in [0.2, 0.25) is 10.0 Å². The molecule has 1 aromatic carbocycles. The molecule has 0 atom stereocenters. The van der Waals surface area contributed by atoms with E-state index < -0.39 is 0 Å². The van der Waals surface area contributed by atoms with Crippen LogP contribution in [0.4, 0.5) is 0 Å². The Morgan fingerprint density at radius 3 is 2.70 bits per heavy atom. The molecule has 3 aromatic rings. The highest BCUT2D eigenvalue weighted by Gasteiger charge is 2.07.